The van der Waals surface area contributed by atoms with E-state index in [2.05, 4.69) is 47.8 Å². The van der Waals surface area contributed by atoms with E-state index in [1.54, 1.807) is 24.3 Å². The van der Waals surface area contributed by atoms with Crippen LogP contribution in [0, 0.1) is 0 Å². The van der Waals surface area contributed by atoms with Crippen LogP contribution >= 0.6 is 59.4 Å². The zero-order valence-corrected chi connectivity index (χ0v) is 13.3. The van der Waals surface area contributed by atoms with Gasteiger partial charge in [0.1, 0.15) is 0 Å². The molecule has 0 bridgehead atoms. The average Bonchev–Trinajstić information content (AvgIpc) is 2.12. The lowest BCUT2D eigenvalue weighted by atomic mass is 10.3. The van der Waals surface area contributed by atoms with Gasteiger partial charge in [-0.1, -0.05) is 65.5 Å². The summed E-state index contributed by atoms with van der Waals surface area (Å²) < 4.78 is -0.659. The zero-order chi connectivity index (χ0) is 12.3. The second-order valence-corrected chi connectivity index (χ2v) is 10.7. The van der Waals surface area contributed by atoms with E-state index in [0.29, 0.717) is 10.7 Å². The minimum atomic E-state index is -1.05. The quantitative estimate of drug-likeness (QED) is 0.685. The van der Waals surface area contributed by atoms with Crippen molar-refractivity contribution in [2.45, 2.75) is 2.14 Å². The highest BCUT2D eigenvalue weighted by atomic mass is 80.0. The summed E-state index contributed by atoms with van der Waals surface area (Å²) in [7, 11) is 0. The first-order chi connectivity index (χ1) is 7.29. The highest BCUT2D eigenvalue weighted by Crippen LogP contribution is 2.35. The molecule has 1 amide bonds. The third-order valence-corrected chi connectivity index (χ3v) is 2.68. The largest absolute Gasteiger partial charge is 0.465 e. The fourth-order valence-corrected chi connectivity index (χ4v) is 2.03. The summed E-state index contributed by atoms with van der Waals surface area (Å²) in [6.45, 7) is 0.183. The Morgan fingerprint density at radius 1 is 1.44 bits per heavy atom. The van der Waals surface area contributed by atoms with Gasteiger partial charge in [0.2, 0.25) is 0 Å². The number of anilines is 1. The molecular weight excluding hydrogens is 429 g/mol. The lowest BCUT2D eigenvalue weighted by Crippen LogP contribution is -2.36. The van der Waals surface area contributed by atoms with Gasteiger partial charge in [0, 0.05) is 10.7 Å². The Hall–Kier alpha value is 0.220. The smallest absolute Gasteiger partial charge is 0.411 e. The van der Waals surface area contributed by atoms with Gasteiger partial charge in [-0.05, 0) is 18.2 Å². The molecule has 0 fully saturated rings. The molecule has 0 radical (unpaired) electrons. The van der Waals surface area contributed by atoms with E-state index < -0.39 is 8.24 Å². The van der Waals surface area contributed by atoms with Crippen LogP contribution in [0.2, 0.25) is 5.02 Å². The summed E-state index contributed by atoms with van der Waals surface area (Å²) in [6, 6.07) is 6.66. The van der Waals surface area contributed by atoms with Crippen LogP contribution in [0.15, 0.2) is 24.3 Å². The molecule has 0 atom stereocenters. The van der Waals surface area contributed by atoms with Crippen molar-refractivity contribution in [1.82, 2.24) is 0 Å². The number of alkyl halides is 3. The van der Waals surface area contributed by atoms with Gasteiger partial charge in [0.25, 0.3) is 0 Å². The van der Waals surface area contributed by atoms with Gasteiger partial charge in [-0.25, -0.2) is 4.79 Å². The number of benzene rings is 1. The molecule has 1 aromatic rings. The maximum atomic E-state index is 11.1. The molecule has 1 rings (SSSR count). The predicted molar refractivity (Wildman–Crippen MR) is 76.3 cm³/mol. The topological polar surface area (TPSA) is 40.5 Å². The average molecular weight is 436 g/mol. The molecule has 0 aromatic heterocycles. The number of rotatable bonds is 2. The van der Waals surface area contributed by atoms with Crippen molar-refractivity contribution in [3.05, 3.63) is 29.3 Å². The Morgan fingerprint density at radius 3 is 2.50 bits per heavy atom. The van der Waals surface area contributed by atoms with Gasteiger partial charge < -0.3 is 5.11 Å². The van der Waals surface area contributed by atoms with Gasteiger partial charge >= 0.3 is 6.09 Å². The monoisotopic (exact) mass is 433 g/mol. The first-order valence-electron chi connectivity index (χ1n) is 4.12. The van der Waals surface area contributed by atoms with Gasteiger partial charge in [-0.3, -0.25) is 4.90 Å². The normalized spacial score (nSPS) is 11.2. The van der Waals surface area contributed by atoms with Gasteiger partial charge in [0.15, 0.2) is 2.14 Å². The third kappa shape index (κ3) is 4.61. The Bertz CT molecular complexity index is 395. The molecule has 0 aliphatic heterocycles. The summed E-state index contributed by atoms with van der Waals surface area (Å²) in [5.41, 5.74) is 0.516. The Balaban J connectivity index is 2.99. The Labute approximate surface area is 123 Å². The van der Waals surface area contributed by atoms with E-state index in [0.717, 1.165) is 0 Å². The van der Waals surface area contributed by atoms with Crippen LogP contribution in [0.25, 0.3) is 0 Å². The third-order valence-electron chi connectivity index (χ3n) is 1.69. The lowest BCUT2D eigenvalue weighted by molar-refractivity contribution is 0.202. The number of hydrogen-bond acceptors (Lipinski definition) is 1. The predicted octanol–water partition coefficient (Wildman–Crippen LogP) is 4.66. The molecule has 16 heavy (non-hydrogen) atoms. The second kappa shape index (κ2) is 5.71. The molecule has 7 heteroatoms. The van der Waals surface area contributed by atoms with Gasteiger partial charge in [0.05, 0.1) is 6.54 Å². The fourth-order valence-electron chi connectivity index (χ4n) is 1.09. The Morgan fingerprint density at radius 2 is 2.06 bits per heavy atom. The van der Waals surface area contributed by atoms with Crippen LogP contribution < -0.4 is 4.90 Å². The van der Waals surface area contributed by atoms with E-state index in [4.69, 9.17) is 16.7 Å². The molecule has 0 unspecified atom stereocenters. The Kier molecular flexibility index (Phi) is 5.10. The first kappa shape index (κ1) is 14.3. The molecule has 3 nitrogen and oxygen atoms in total. The number of hydrogen-bond donors (Lipinski definition) is 1. The van der Waals surface area contributed by atoms with Crippen LogP contribution in [-0.2, 0) is 0 Å². The summed E-state index contributed by atoms with van der Waals surface area (Å²) in [5, 5.41) is 9.59. The first-order valence-corrected chi connectivity index (χ1v) is 6.88. The maximum absolute atomic E-state index is 11.1. The number of nitrogens with zero attached hydrogens (tertiary/aromatic N) is 1. The van der Waals surface area contributed by atoms with Gasteiger partial charge in [-0.15, -0.1) is 0 Å². The van der Waals surface area contributed by atoms with E-state index >= 15 is 0 Å². The number of amides is 1. The molecule has 0 spiro atoms. The van der Waals surface area contributed by atoms with E-state index in [-0.39, 0.29) is 6.54 Å². The summed E-state index contributed by atoms with van der Waals surface area (Å²) >= 11 is 15.6. The summed E-state index contributed by atoms with van der Waals surface area (Å²) in [4.78, 5) is 12.3. The SMILES string of the molecule is O=C(O)N(CC(Br)(Br)Br)c1cccc(Cl)c1. The summed E-state index contributed by atoms with van der Waals surface area (Å²) in [5.74, 6) is 0. The molecule has 0 saturated heterocycles. The number of carbonyl (C=O) groups is 1. The minimum absolute atomic E-state index is 0.183. The van der Waals surface area contributed by atoms with E-state index in [9.17, 15) is 4.79 Å². The molecule has 1 N–H and O–H groups in total. The van der Waals surface area contributed by atoms with Crippen LogP contribution in [0.3, 0.4) is 0 Å². The molecule has 0 aliphatic rings. The van der Waals surface area contributed by atoms with Crippen LogP contribution in [0.4, 0.5) is 10.5 Å². The van der Waals surface area contributed by atoms with E-state index in [1.807, 2.05) is 0 Å². The van der Waals surface area contributed by atoms with Crippen molar-refractivity contribution < 1.29 is 9.90 Å². The van der Waals surface area contributed by atoms with Crippen molar-refractivity contribution >= 4 is 71.2 Å². The van der Waals surface area contributed by atoms with E-state index in [1.165, 1.54) is 4.90 Å². The second-order valence-electron chi connectivity index (χ2n) is 2.96. The molecule has 0 aliphatic carbocycles. The van der Waals surface area contributed by atoms with Gasteiger partial charge in [-0.2, -0.15) is 0 Å². The highest BCUT2D eigenvalue weighted by molar-refractivity contribution is 9.39. The number of halogens is 4. The maximum Gasteiger partial charge on any atom is 0.411 e. The van der Waals surface area contributed by atoms with Crippen molar-refractivity contribution in [3.63, 3.8) is 0 Å². The molecular formula is C9H7Br3ClNO2. The van der Waals surface area contributed by atoms with Crippen molar-refractivity contribution in [2.75, 3.05) is 11.4 Å². The summed E-state index contributed by atoms with van der Waals surface area (Å²) in [6.07, 6.45) is -1.05. The molecule has 88 valence electrons. The molecule has 1 aromatic carbocycles. The van der Waals surface area contributed by atoms with Crippen LogP contribution in [-0.4, -0.2) is 19.9 Å². The zero-order valence-electron chi connectivity index (χ0n) is 7.83. The standard InChI is InChI=1S/C9H7Br3ClNO2/c10-9(11,12)5-14(8(15)16)7-3-1-2-6(13)4-7/h1-4H,5H2,(H,15,16). The van der Waals surface area contributed by atoms with Crippen molar-refractivity contribution in [3.8, 4) is 0 Å². The minimum Gasteiger partial charge on any atom is -0.465 e. The molecule has 0 heterocycles. The number of carboxylic acid groups (broad SMARTS) is 1. The van der Waals surface area contributed by atoms with Crippen LogP contribution in [0.1, 0.15) is 0 Å². The van der Waals surface area contributed by atoms with Crippen LogP contribution in [0.5, 0.6) is 0 Å². The highest BCUT2D eigenvalue weighted by Gasteiger charge is 2.26. The fraction of sp³-hybridized carbons (Fsp3) is 0.222. The molecule has 0 saturated carbocycles. The lowest BCUT2D eigenvalue weighted by Gasteiger charge is -2.24. The van der Waals surface area contributed by atoms with Crippen molar-refractivity contribution in [2.24, 2.45) is 0 Å². The van der Waals surface area contributed by atoms with Crippen molar-refractivity contribution in [1.29, 1.82) is 0 Å².